The van der Waals surface area contributed by atoms with Crippen molar-refractivity contribution < 1.29 is 9.47 Å². The van der Waals surface area contributed by atoms with Gasteiger partial charge < -0.3 is 20.1 Å². The van der Waals surface area contributed by atoms with Crippen molar-refractivity contribution in [2.45, 2.75) is 38.0 Å². The Balaban J connectivity index is 1.34. The van der Waals surface area contributed by atoms with Crippen LogP contribution in [0.4, 0.5) is 11.9 Å². The molecule has 1 aromatic heterocycles. The van der Waals surface area contributed by atoms with Crippen LogP contribution in [0.1, 0.15) is 43.8 Å². The monoisotopic (exact) mass is 419 g/mol. The minimum atomic E-state index is 0.460. The van der Waals surface area contributed by atoms with Gasteiger partial charge in [0, 0.05) is 58.3 Å². The second kappa shape index (κ2) is 11.7. The second-order valence-corrected chi connectivity index (χ2v) is 8.44. The molecule has 1 aliphatic carbocycles. The van der Waals surface area contributed by atoms with E-state index in [1.807, 2.05) is 0 Å². The predicted molar refractivity (Wildman–Crippen MR) is 117 cm³/mol. The number of anilines is 2. The van der Waals surface area contributed by atoms with Gasteiger partial charge in [0.25, 0.3) is 0 Å². The van der Waals surface area contributed by atoms with Crippen LogP contribution in [0.2, 0.25) is 0 Å². The maximum atomic E-state index is 5.43. The Hall–Kier alpha value is -1.55. The van der Waals surface area contributed by atoms with E-state index in [1.54, 1.807) is 0 Å². The van der Waals surface area contributed by atoms with Crippen LogP contribution >= 0.6 is 0 Å². The van der Waals surface area contributed by atoms with Crippen molar-refractivity contribution in [3.05, 3.63) is 5.82 Å². The summed E-state index contributed by atoms with van der Waals surface area (Å²) in [6.07, 6.45) is 6.25. The Morgan fingerprint density at radius 1 is 0.700 bits per heavy atom. The average molecular weight is 420 g/mol. The number of hydrogen-bond donors (Lipinski definition) is 2. The standard InChI is InChI=1S/C21H37N7O2/c1-2-4-18(5-3-1)19-24-20(22-6-8-27-10-14-29-15-11-27)26-21(25-19)23-7-9-28-12-16-30-17-13-28/h18H,1-17H2,(H2,22,23,24,25,26). The molecule has 0 unspecified atom stereocenters. The molecule has 2 N–H and O–H groups in total. The van der Waals surface area contributed by atoms with Crippen LogP contribution in [-0.4, -0.2) is 104 Å². The third-order valence-corrected chi connectivity index (χ3v) is 6.25. The Morgan fingerprint density at radius 2 is 1.20 bits per heavy atom. The second-order valence-electron chi connectivity index (χ2n) is 8.44. The topological polar surface area (TPSA) is 87.7 Å². The summed E-state index contributed by atoms with van der Waals surface area (Å²) >= 11 is 0. The normalized spacial score (nSPS) is 22.1. The summed E-state index contributed by atoms with van der Waals surface area (Å²) in [5, 5.41) is 6.88. The highest BCUT2D eigenvalue weighted by atomic mass is 16.5. The van der Waals surface area contributed by atoms with Crippen LogP contribution in [0.5, 0.6) is 0 Å². The van der Waals surface area contributed by atoms with Crippen LogP contribution in [-0.2, 0) is 9.47 Å². The zero-order valence-electron chi connectivity index (χ0n) is 18.2. The predicted octanol–water partition coefficient (Wildman–Crippen LogP) is 1.41. The van der Waals surface area contributed by atoms with Crippen molar-refractivity contribution in [2.24, 2.45) is 0 Å². The van der Waals surface area contributed by atoms with Gasteiger partial charge in [-0.25, -0.2) is 0 Å². The lowest BCUT2D eigenvalue weighted by Gasteiger charge is -2.27. The average Bonchev–Trinajstić information content (AvgIpc) is 2.81. The number of nitrogens with one attached hydrogen (secondary N) is 2. The van der Waals surface area contributed by atoms with E-state index in [1.165, 1.54) is 32.1 Å². The van der Waals surface area contributed by atoms with Crippen LogP contribution < -0.4 is 10.6 Å². The first kappa shape index (κ1) is 21.7. The number of hydrogen-bond acceptors (Lipinski definition) is 9. The summed E-state index contributed by atoms with van der Waals surface area (Å²) in [5.74, 6) is 2.81. The molecule has 2 saturated heterocycles. The molecule has 2 aliphatic heterocycles. The highest BCUT2D eigenvalue weighted by Gasteiger charge is 2.20. The lowest BCUT2D eigenvalue weighted by atomic mass is 9.89. The van der Waals surface area contributed by atoms with Gasteiger partial charge in [-0.3, -0.25) is 9.80 Å². The minimum Gasteiger partial charge on any atom is -0.379 e. The van der Waals surface area contributed by atoms with Crippen LogP contribution in [0, 0.1) is 0 Å². The molecule has 0 amide bonds. The van der Waals surface area contributed by atoms with Gasteiger partial charge in [-0.2, -0.15) is 15.0 Å². The van der Waals surface area contributed by atoms with Crippen molar-refractivity contribution in [3.63, 3.8) is 0 Å². The van der Waals surface area contributed by atoms with E-state index in [-0.39, 0.29) is 0 Å². The number of nitrogens with zero attached hydrogens (tertiary/aromatic N) is 5. The van der Waals surface area contributed by atoms with E-state index in [4.69, 9.17) is 19.4 Å². The van der Waals surface area contributed by atoms with E-state index >= 15 is 0 Å². The van der Waals surface area contributed by atoms with Gasteiger partial charge in [-0.15, -0.1) is 0 Å². The summed E-state index contributed by atoms with van der Waals surface area (Å²) < 4.78 is 10.9. The fraction of sp³-hybridized carbons (Fsp3) is 0.857. The molecule has 1 saturated carbocycles. The Morgan fingerprint density at radius 3 is 1.70 bits per heavy atom. The molecule has 1 aromatic rings. The van der Waals surface area contributed by atoms with Crippen LogP contribution in [0.3, 0.4) is 0 Å². The molecule has 9 nitrogen and oxygen atoms in total. The van der Waals surface area contributed by atoms with Gasteiger partial charge in [-0.1, -0.05) is 19.3 Å². The Labute approximate surface area is 179 Å². The molecule has 3 fully saturated rings. The van der Waals surface area contributed by atoms with Gasteiger partial charge in [0.1, 0.15) is 5.82 Å². The molecule has 168 valence electrons. The summed E-state index contributed by atoms with van der Waals surface area (Å²) in [4.78, 5) is 19.1. The highest BCUT2D eigenvalue weighted by molar-refractivity contribution is 5.35. The van der Waals surface area contributed by atoms with Crippen molar-refractivity contribution in [2.75, 3.05) is 89.4 Å². The first-order chi connectivity index (χ1) is 14.9. The maximum absolute atomic E-state index is 5.43. The van der Waals surface area contributed by atoms with Crippen molar-refractivity contribution >= 4 is 11.9 Å². The molecule has 4 rings (SSSR count). The van der Waals surface area contributed by atoms with Gasteiger partial charge in [0.05, 0.1) is 26.4 Å². The van der Waals surface area contributed by atoms with E-state index in [9.17, 15) is 0 Å². The minimum absolute atomic E-state index is 0.460. The van der Waals surface area contributed by atoms with Crippen molar-refractivity contribution in [1.82, 2.24) is 24.8 Å². The number of rotatable bonds is 9. The van der Waals surface area contributed by atoms with Gasteiger partial charge in [0.2, 0.25) is 11.9 Å². The van der Waals surface area contributed by atoms with E-state index < -0.39 is 0 Å². The number of aromatic nitrogens is 3. The van der Waals surface area contributed by atoms with Gasteiger partial charge >= 0.3 is 0 Å². The first-order valence-electron chi connectivity index (χ1n) is 11.7. The highest BCUT2D eigenvalue weighted by Crippen LogP contribution is 2.31. The third kappa shape index (κ3) is 6.73. The zero-order chi connectivity index (χ0) is 20.4. The fourth-order valence-electron chi connectivity index (χ4n) is 4.39. The Kier molecular flexibility index (Phi) is 8.48. The summed E-state index contributed by atoms with van der Waals surface area (Å²) in [6.45, 7) is 10.9. The van der Waals surface area contributed by atoms with Crippen LogP contribution in [0.25, 0.3) is 0 Å². The van der Waals surface area contributed by atoms with Crippen molar-refractivity contribution in [3.8, 4) is 0 Å². The molecule has 9 heteroatoms. The molecular weight excluding hydrogens is 382 g/mol. The summed E-state index contributed by atoms with van der Waals surface area (Å²) in [5.41, 5.74) is 0. The smallest absolute Gasteiger partial charge is 0.227 e. The lowest BCUT2D eigenvalue weighted by molar-refractivity contribution is 0.0398. The largest absolute Gasteiger partial charge is 0.379 e. The summed E-state index contributed by atoms with van der Waals surface area (Å²) in [6, 6.07) is 0. The third-order valence-electron chi connectivity index (χ3n) is 6.25. The van der Waals surface area contributed by atoms with Gasteiger partial charge in [0.15, 0.2) is 0 Å². The SMILES string of the molecule is C1CCC(c2nc(NCCN3CCOCC3)nc(NCCN3CCOCC3)n2)CC1. The molecule has 0 spiro atoms. The van der Waals surface area contributed by atoms with Crippen molar-refractivity contribution in [1.29, 1.82) is 0 Å². The molecule has 0 aromatic carbocycles. The molecule has 3 aliphatic rings. The number of morpholine rings is 2. The molecular formula is C21H37N7O2. The van der Waals surface area contributed by atoms with E-state index in [0.717, 1.165) is 84.6 Å². The van der Waals surface area contributed by atoms with E-state index in [2.05, 4.69) is 25.4 Å². The molecule has 0 radical (unpaired) electrons. The molecule has 0 atom stereocenters. The Bertz CT molecular complexity index is 588. The van der Waals surface area contributed by atoms with E-state index in [0.29, 0.717) is 17.8 Å². The van der Waals surface area contributed by atoms with Gasteiger partial charge in [-0.05, 0) is 12.8 Å². The number of ether oxygens (including phenoxy) is 2. The first-order valence-corrected chi connectivity index (χ1v) is 11.7. The molecule has 3 heterocycles. The molecule has 0 bridgehead atoms. The lowest BCUT2D eigenvalue weighted by Crippen LogP contribution is -2.39. The molecule has 30 heavy (non-hydrogen) atoms. The summed E-state index contributed by atoms with van der Waals surface area (Å²) in [7, 11) is 0. The zero-order valence-corrected chi connectivity index (χ0v) is 18.2. The van der Waals surface area contributed by atoms with Crippen LogP contribution in [0.15, 0.2) is 0 Å². The maximum Gasteiger partial charge on any atom is 0.227 e. The quantitative estimate of drug-likeness (QED) is 0.617. The fourth-order valence-corrected chi connectivity index (χ4v) is 4.39.